The van der Waals surface area contributed by atoms with Gasteiger partial charge in [-0.05, 0) is 36.1 Å². The number of rotatable bonds is 0. The van der Waals surface area contributed by atoms with Crippen molar-refractivity contribution in [2.24, 2.45) is 5.73 Å². The van der Waals surface area contributed by atoms with Crippen LogP contribution in [0, 0.1) is 25.2 Å². The van der Waals surface area contributed by atoms with Crippen molar-refractivity contribution >= 4 is 5.57 Å². The number of hydrogen-bond acceptors (Lipinski definition) is 2. The van der Waals surface area contributed by atoms with Gasteiger partial charge in [-0.25, -0.2) is 0 Å². The van der Waals surface area contributed by atoms with Crippen LogP contribution in [0.2, 0.25) is 0 Å². The third-order valence-corrected chi connectivity index (χ3v) is 2.80. The van der Waals surface area contributed by atoms with E-state index in [4.69, 9.17) is 11.0 Å². The smallest absolute Gasteiger partial charge is 0.102 e. The lowest BCUT2D eigenvalue weighted by atomic mass is 9.99. The van der Waals surface area contributed by atoms with Gasteiger partial charge in [0.25, 0.3) is 0 Å². The molecule has 1 aromatic carbocycles. The third-order valence-electron chi connectivity index (χ3n) is 2.80. The average Bonchev–Trinajstić information content (AvgIpc) is 2.42. The molecule has 2 N–H and O–H groups in total. The summed E-state index contributed by atoms with van der Waals surface area (Å²) < 4.78 is 0. The molecule has 0 heterocycles. The van der Waals surface area contributed by atoms with Crippen LogP contribution in [0.15, 0.2) is 17.8 Å². The monoisotopic (exact) mass is 184 g/mol. The highest BCUT2D eigenvalue weighted by molar-refractivity contribution is 5.85. The maximum Gasteiger partial charge on any atom is 0.102 e. The largest absolute Gasteiger partial charge is 0.401 e. The molecule has 0 fully saturated rings. The number of nitriles is 1. The van der Waals surface area contributed by atoms with Crippen molar-refractivity contribution in [1.82, 2.24) is 0 Å². The fourth-order valence-corrected chi connectivity index (χ4v) is 1.85. The topological polar surface area (TPSA) is 49.8 Å². The fourth-order valence-electron chi connectivity index (χ4n) is 1.85. The lowest BCUT2D eigenvalue weighted by molar-refractivity contribution is 1.14. The van der Waals surface area contributed by atoms with Crippen molar-refractivity contribution in [3.63, 3.8) is 0 Å². The minimum atomic E-state index is 0.656. The molecular formula is C12H12N2. The zero-order chi connectivity index (χ0) is 10.3. The summed E-state index contributed by atoms with van der Waals surface area (Å²) in [5.41, 5.74) is 11.8. The second-order valence-corrected chi connectivity index (χ2v) is 3.78. The molecule has 0 unspecified atom stereocenters. The Bertz CT molecular complexity index is 476. The van der Waals surface area contributed by atoms with Gasteiger partial charge >= 0.3 is 0 Å². The lowest BCUT2D eigenvalue weighted by Gasteiger charge is -2.04. The molecule has 2 rings (SSSR count). The molecule has 1 aliphatic rings. The molecule has 0 atom stereocenters. The molecule has 14 heavy (non-hydrogen) atoms. The first-order valence-corrected chi connectivity index (χ1v) is 4.62. The fraction of sp³-hybridized carbons (Fsp3) is 0.250. The van der Waals surface area contributed by atoms with Crippen LogP contribution in [0.4, 0.5) is 0 Å². The Labute approximate surface area is 83.7 Å². The number of nitrogens with two attached hydrogens (primary N) is 1. The van der Waals surface area contributed by atoms with E-state index in [0.717, 1.165) is 12.0 Å². The Kier molecular flexibility index (Phi) is 1.82. The van der Waals surface area contributed by atoms with Gasteiger partial charge in [0.15, 0.2) is 0 Å². The molecule has 0 amide bonds. The van der Waals surface area contributed by atoms with Gasteiger partial charge in [-0.1, -0.05) is 12.1 Å². The molecule has 0 radical (unpaired) electrons. The molecule has 0 spiro atoms. The summed E-state index contributed by atoms with van der Waals surface area (Å²) >= 11 is 0. The number of hydrogen-bond donors (Lipinski definition) is 1. The van der Waals surface area contributed by atoms with E-state index < -0.39 is 0 Å². The van der Waals surface area contributed by atoms with Crippen LogP contribution in [0.1, 0.15) is 22.3 Å². The van der Waals surface area contributed by atoms with Crippen LogP contribution in [0.25, 0.3) is 5.57 Å². The van der Waals surface area contributed by atoms with Crippen molar-refractivity contribution in [2.45, 2.75) is 20.3 Å². The number of benzene rings is 1. The Hall–Kier alpha value is -1.75. The first-order valence-electron chi connectivity index (χ1n) is 4.62. The van der Waals surface area contributed by atoms with E-state index in [0.29, 0.717) is 11.3 Å². The summed E-state index contributed by atoms with van der Waals surface area (Å²) in [5, 5.41) is 8.96. The van der Waals surface area contributed by atoms with Gasteiger partial charge in [0.05, 0.1) is 5.57 Å². The highest BCUT2D eigenvalue weighted by atomic mass is 14.6. The van der Waals surface area contributed by atoms with Crippen LogP contribution >= 0.6 is 0 Å². The van der Waals surface area contributed by atoms with E-state index in [1.807, 2.05) is 0 Å². The zero-order valence-corrected chi connectivity index (χ0v) is 8.39. The molecule has 70 valence electrons. The van der Waals surface area contributed by atoms with E-state index in [1.165, 1.54) is 16.7 Å². The van der Waals surface area contributed by atoms with Gasteiger partial charge in [0, 0.05) is 12.1 Å². The highest BCUT2D eigenvalue weighted by Gasteiger charge is 2.19. The standard InChI is InChI=1S/C12H12N2/c1-7-3-9-5-12(14)11(6-13)10(9)4-8(7)2/h3-4H,5,14H2,1-2H3. The Morgan fingerprint density at radius 2 is 1.93 bits per heavy atom. The highest BCUT2D eigenvalue weighted by Crippen LogP contribution is 2.31. The van der Waals surface area contributed by atoms with Gasteiger partial charge in [0.1, 0.15) is 6.07 Å². The van der Waals surface area contributed by atoms with Crippen LogP contribution in [0.3, 0.4) is 0 Å². The number of allylic oxidation sites excluding steroid dienone is 2. The van der Waals surface area contributed by atoms with Crippen LogP contribution in [-0.2, 0) is 6.42 Å². The normalized spacial score (nSPS) is 14.1. The van der Waals surface area contributed by atoms with Crippen LogP contribution in [0.5, 0.6) is 0 Å². The second kappa shape index (κ2) is 2.88. The van der Waals surface area contributed by atoms with Crippen molar-refractivity contribution in [3.05, 3.63) is 40.1 Å². The number of fused-ring (bicyclic) bond motifs is 1. The summed E-state index contributed by atoms with van der Waals surface area (Å²) in [4.78, 5) is 0. The summed E-state index contributed by atoms with van der Waals surface area (Å²) in [6.45, 7) is 4.13. The lowest BCUT2D eigenvalue weighted by Crippen LogP contribution is -1.96. The first kappa shape index (κ1) is 8.83. The first-order chi connectivity index (χ1) is 6.63. The van der Waals surface area contributed by atoms with Gasteiger partial charge in [0.2, 0.25) is 0 Å². The Morgan fingerprint density at radius 3 is 2.57 bits per heavy atom. The third kappa shape index (κ3) is 1.10. The molecule has 1 aliphatic carbocycles. The average molecular weight is 184 g/mol. The van der Waals surface area contributed by atoms with Gasteiger partial charge < -0.3 is 5.73 Å². The minimum absolute atomic E-state index is 0.656. The minimum Gasteiger partial charge on any atom is -0.401 e. The maximum absolute atomic E-state index is 8.96. The predicted molar refractivity (Wildman–Crippen MR) is 56.3 cm³/mol. The molecule has 0 aliphatic heterocycles. The van der Waals surface area contributed by atoms with E-state index in [9.17, 15) is 0 Å². The molecule has 2 heteroatoms. The van der Waals surface area contributed by atoms with Crippen LogP contribution in [-0.4, -0.2) is 0 Å². The molecule has 1 aromatic rings. The Morgan fingerprint density at radius 1 is 1.29 bits per heavy atom. The van der Waals surface area contributed by atoms with E-state index >= 15 is 0 Å². The molecule has 0 saturated heterocycles. The van der Waals surface area contributed by atoms with Crippen molar-refractivity contribution in [3.8, 4) is 6.07 Å². The van der Waals surface area contributed by atoms with Gasteiger partial charge in [-0.2, -0.15) is 5.26 Å². The zero-order valence-electron chi connectivity index (χ0n) is 8.39. The van der Waals surface area contributed by atoms with Crippen molar-refractivity contribution in [2.75, 3.05) is 0 Å². The molecule has 0 bridgehead atoms. The number of aryl methyl sites for hydroxylation is 2. The molecule has 2 nitrogen and oxygen atoms in total. The second-order valence-electron chi connectivity index (χ2n) is 3.78. The van der Waals surface area contributed by atoms with Gasteiger partial charge in [-0.15, -0.1) is 0 Å². The summed E-state index contributed by atoms with van der Waals surface area (Å²) in [5.74, 6) is 0. The van der Waals surface area contributed by atoms with E-state index in [-0.39, 0.29) is 0 Å². The number of nitrogens with zero attached hydrogens (tertiary/aromatic N) is 1. The molecular weight excluding hydrogens is 172 g/mol. The summed E-state index contributed by atoms with van der Waals surface area (Å²) in [7, 11) is 0. The summed E-state index contributed by atoms with van der Waals surface area (Å²) in [6, 6.07) is 6.36. The maximum atomic E-state index is 8.96. The van der Waals surface area contributed by atoms with Crippen LogP contribution < -0.4 is 5.73 Å². The molecule has 0 aromatic heterocycles. The quantitative estimate of drug-likeness (QED) is 0.670. The summed E-state index contributed by atoms with van der Waals surface area (Å²) in [6.07, 6.45) is 0.722. The van der Waals surface area contributed by atoms with E-state index in [2.05, 4.69) is 32.0 Å². The van der Waals surface area contributed by atoms with E-state index in [1.54, 1.807) is 0 Å². The Balaban J connectivity index is 2.65. The van der Waals surface area contributed by atoms with Gasteiger partial charge in [-0.3, -0.25) is 0 Å². The van der Waals surface area contributed by atoms with Crippen molar-refractivity contribution < 1.29 is 0 Å². The SMILES string of the molecule is Cc1cc2c(cc1C)C(C#N)=C(N)C2. The van der Waals surface area contributed by atoms with Crippen molar-refractivity contribution in [1.29, 1.82) is 5.26 Å². The molecule has 0 saturated carbocycles. The predicted octanol–water partition coefficient (Wildman–Crippen LogP) is 2.05.